The molecule has 0 saturated carbocycles. The van der Waals surface area contributed by atoms with Crippen LogP contribution in [0.1, 0.15) is 6.42 Å². The number of rotatable bonds is 3. The van der Waals surface area contributed by atoms with E-state index in [-0.39, 0.29) is 11.8 Å². The van der Waals surface area contributed by atoms with Crippen LogP contribution in [0.5, 0.6) is 0 Å². The number of nitrogens with zero attached hydrogens (tertiary/aromatic N) is 2. The van der Waals surface area contributed by atoms with Gasteiger partial charge >= 0.3 is 0 Å². The highest BCUT2D eigenvalue weighted by Gasteiger charge is 2.30. The molecule has 1 atom stereocenters. The third-order valence-corrected chi connectivity index (χ3v) is 4.34. The van der Waals surface area contributed by atoms with Crippen LogP contribution in [-0.2, 0) is 4.79 Å². The molecular weight excluding hydrogens is 256 g/mol. The van der Waals surface area contributed by atoms with Gasteiger partial charge in [0.25, 0.3) is 0 Å². The second-order valence-electron chi connectivity index (χ2n) is 4.58. The molecule has 0 N–H and O–H groups in total. The Morgan fingerprint density at radius 2 is 2.16 bits per heavy atom. The van der Waals surface area contributed by atoms with Crippen LogP contribution in [-0.4, -0.2) is 17.4 Å². The predicted octanol–water partition coefficient (Wildman–Crippen LogP) is 3.35. The monoisotopic (exact) mass is 270 g/mol. The Kier molecular flexibility index (Phi) is 3.17. The van der Waals surface area contributed by atoms with E-state index in [1.165, 1.54) is 0 Å². The molecule has 0 spiro atoms. The fraction of sp³-hybridized carbons (Fsp3) is 0.200. The van der Waals surface area contributed by atoms with Crippen molar-refractivity contribution >= 4 is 22.4 Å². The van der Waals surface area contributed by atoms with E-state index in [0.29, 0.717) is 13.0 Å². The van der Waals surface area contributed by atoms with Gasteiger partial charge in [-0.05, 0) is 5.56 Å². The van der Waals surface area contributed by atoms with Crippen LogP contribution in [0.2, 0.25) is 0 Å². The fourth-order valence-corrected chi connectivity index (χ4v) is 3.15. The number of aromatic nitrogens is 1. The maximum atomic E-state index is 11.9. The Morgan fingerprint density at radius 1 is 1.37 bits per heavy atom. The molecule has 96 valence electrons. The minimum absolute atomic E-state index is 0.138. The molecule has 0 bridgehead atoms. The minimum atomic E-state index is 0.138. The number of amides is 1. The summed E-state index contributed by atoms with van der Waals surface area (Å²) < 4.78 is 0. The third kappa shape index (κ3) is 2.31. The van der Waals surface area contributed by atoms with E-state index in [4.69, 9.17) is 0 Å². The highest BCUT2D eigenvalue weighted by atomic mass is 32.1. The van der Waals surface area contributed by atoms with E-state index in [0.717, 1.165) is 15.6 Å². The average Bonchev–Trinajstić information content (AvgIpc) is 3.06. The molecule has 1 fully saturated rings. The topological polar surface area (TPSA) is 33.2 Å². The first-order valence-corrected chi connectivity index (χ1v) is 7.04. The smallest absolute Gasteiger partial charge is 0.229 e. The van der Waals surface area contributed by atoms with Crippen molar-refractivity contribution in [3.63, 3.8) is 0 Å². The number of carbonyl (C=O) groups excluding carboxylic acids is 1. The summed E-state index contributed by atoms with van der Waals surface area (Å²) in [5, 5.41) is 0.785. The van der Waals surface area contributed by atoms with Crippen molar-refractivity contribution in [2.45, 2.75) is 6.42 Å². The van der Waals surface area contributed by atoms with Gasteiger partial charge in [-0.1, -0.05) is 47.7 Å². The summed E-state index contributed by atoms with van der Waals surface area (Å²) in [6.07, 6.45) is 4.23. The Bertz CT molecular complexity index is 606. The van der Waals surface area contributed by atoms with Gasteiger partial charge in [-0.15, -0.1) is 6.58 Å². The Morgan fingerprint density at radius 3 is 2.84 bits per heavy atom. The van der Waals surface area contributed by atoms with Crippen LogP contribution in [0.3, 0.4) is 0 Å². The predicted molar refractivity (Wildman–Crippen MR) is 78.2 cm³/mol. The zero-order chi connectivity index (χ0) is 13.2. The van der Waals surface area contributed by atoms with Crippen LogP contribution in [0, 0.1) is 5.92 Å². The molecule has 2 heterocycles. The zero-order valence-electron chi connectivity index (χ0n) is 10.5. The first-order chi connectivity index (χ1) is 9.28. The Hall–Kier alpha value is -1.94. The number of carbonyl (C=O) groups is 1. The standard InChI is InChI=1S/C15H14N2OS/c1-2-11-8-14(18)17(10-11)15-16-9-13(19-15)12-6-4-3-5-7-12/h2-7,9,11H,1,8,10H2. The first-order valence-electron chi connectivity index (χ1n) is 6.22. The Balaban J connectivity index is 1.86. The third-order valence-electron chi connectivity index (χ3n) is 3.27. The lowest BCUT2D eigenvalue weighted by atomic mass is 10.1. The van der Waals surface area contributed by atoms with E-state index >= 15 is 0 Å². The van der Waals surface area contributed by atoms with Crippen LogP contribution >= 0.6 is 11.3 Å². The van der Waals surface area contributed by atoms with Gasteiger partial charge in [0.1, 0.15) is 0 Å². The molecule has 1 amide bonds. The van der Waals surface area contributed by atoms with Crippen molar-refractivity contribution in [3.8, 4) is 10.4 Å². The molecule has 4 heteroatoms. The number of benzene rings is 1. The highest BCUT2D eigenvalue weighted by molar-refractivity contribution is 7.19. The number of anilines is 1. The molecule has 3 rings (SSSR count). The second-order valence-corrected chi connectivity index (χ2v) is 5.59. The van der Waals surface area contributed by atoms with E-state index in [9.17, 15) is 4.79 Å². The summed E-state index contributed by atoms with van der Waals surface area (Å²) in [7, 11) is 0. The molecule has 1 aromatic heterocycles. The normalized spacial score (nSPS) is 18.8. The molecule has 19 heavy (non-hydrogen) atoms. The maximum Gasteiger partial charge on any atom is 0.229 e. The molecule has 1 aromatic carbocycles. The van der Waals surface area contributed by atoms with Gasteiger partial charge < -0.3 is 0 Å². The lowest BCUT2D eigenvalue weighted by molar-refractivity contribution is -0.117. The van der Waals surface area contributed by atoms with Gasteiger partial charge in [0.05, 0.1) is 4.88 Å². The lowest BCUT2D eigenvalue weighted by Crippen LogP contribution is -2.23. The summed E-state index contributed by atoms with van der Waals surface area (Å²) in [6.45, 7) is 4.46. The Labute approximate surface area is 116 Å². The summed E-state index contributed by atoms with van der Waals surface area (Å²) in [5.74, 6) is 0.385. The molecule has 1 aliphatic rings. The molecule has 0 radical (unpaired) electrons. The van der Waals surface area contributed by atoms with Gasteiger partial charge in [-0.2, -0.15) is 0 Å². The van der Waals surface area contributed by atoms with E-state index in [1.807, 2.05) is 30.5 Å². The SMILES string of the molecule is C=CC1CC(=O)N(c2ncc(-c3ccccc3)s2)C1. The lowest BCUT2D eigenvalue weighted by Gasteiger charge is -2.11. The van der Waals surface area contributed by atoms with E-state index in [1.54, 1.807) is 16.2 Å². The molecule has 2 aromatic rings. The molecule has 0 aliphatic carbocycles. The summed E-state index contributed by atoms with van der Waals surface area (Å²) in [5.41, 5.74) is 1.14. The van der Waals surface area contributed by atoms with Crippen molar-refractivity contribution in [1.82, 2.24) is 4.98 Å². The van der Waals surface area contributed by atoms with Crippen molar-refractivity contribution in [1.29, 1.82) is 0 Å². The maximum absolute atomic E-state index is 11.9. The van der Waals surface area contributed by atoms with Gasteiger partial charge in [0.2, 0.25) is 5.91 Å². The van der Waals surface area contributed by atoms with Crippen molar-refractivity contribution in [3.05, 3.63) is 49.2 Å². The second kappa shape index (κ2) is 4.97. The summed E-state index contributed by atoms with van der Waals surface area (Å²) in [4.78, 5) is 19.2. The van der Waals surface area contributed by atoms with Gasteiger partial charge in [-0.25, -0.2) is 4.98 Å². The van der Waals surface area contributed by atoms with Crippen LogP contribution in [0.15, 0.2) is 49.2 Å². The molecule has 1 aliphatic heterocycles. The molecule has 1 saturated heterocycles. The van der Waals surface area contributed by atoms with Gasteiger partial charge in [0.15, 0.2) is 5.13 Å². The number of hydrogen-bond donors (Lipinski definition) is 0. The first kappa shape index (κ1) is 12.1. The quantitative estimate of drug-likeness (QED) is 0.801. The van der Waals surface area contributed by atoms with Gasteiger partial charge in [0, 0.05) is 25.1 Å². The van der Waals surface area contributed by atoms with Crippen LogP contribution in [0.25, 0.3) is 10.4 Å². The number of hydrogen-bond acceptors (Lipinski definition) is 3. The average molecular weight is 270 g/mol. The van der Waals surface area contributed by atoms with Gasteiger partial charge in [-0.3, -0.25) is 9.69 Å². The van der Waals surface area contributed by atoms with Crippen LogP contribution < -0.4 is 4.90 Å². The molecular formula is C15H14N2OS. The fourth-order valence-electron chi connectivity index (χ4n) is 2.20. The van der Waals surface area contributed by atoms with E-state index in [2.05, 4.69) is 23.7 Å². The van der Waals surface area contributed by atoms with E-state index < -0.39 is 0 Å². The molecule has 1 unspecified atom stereocenters. The summed E-state index contributed by atoms with van der Waals surface area (Å²) in [6, 6.07) is 10.1. The number of thiazole rings is 1. The zero-order valence-corrected chi connectivity index (χ0v) is 11.3. The van der Waals surface area contributed by atoms with Crippen molar-refractivity contribution in [2.24, 2.45) is 5.92 Å². The highest BCUT2D eigenvalue weighted by Crippen LogP contribution is 2.34. The summed E-state index contributed by atoms with van der Waals surface area (Å²) >= 11 is 1.56. The van der Waals surface area contributed by atoms with Crippen molar-refractivity contribution < 1.29 is 4.79 Å². The largest absolute Gasteiger partial charge is 0.287 e. The molecule has 3 nitrogen and oxygen atoms in total. The van der Waals surface area contributed by atoms with Crippen molar-refractivity contribution in [2.75, 3.05) is 11.4 Å². The van der Waals surface area contributed by atoms with Crippen LogP contribution in [0.4, 0.5) is 5.13 Å². The minimum Gasteiger partial charge on any atom is -0.287 e.